The first-order valence-electron chi connectivity index (χ1n) is 2.02. The number of hydrogen-bond acceptors (Lipinski definition) is 1. The van der Waals surface area contributed by atoms with Crippen LogP contribution in [-0.4, -0.2) is 5.91 Å². The van der Waals surface area contributed by atoms with E-state index >= 15 is 0 Å². The van der Waals surface area contributed by atoms with Gasteiger partial charge in [-0.15, -0.1) is 0 Å². The zero-order valence-corrected chi connectivity index (χ0v) is 7.69. The van der Waals surface area contributed by atoms with Gasteiger partial charge in [0.2, 0.25) is 5.91 Å². The van der Waals surface area contributed by atoms with Gasteiger partial charge in [-0.1, -0.05) is 6.58 Å². The summed E-state index contributed by atoms with van der Waals surface area (Å²) in [5.41, 5.74) is 0. The summed E-state index contributed by atoms with van der Waals surface area (Å²) in [5, 5.41) is 2.41. The van der Waals surface area contributed by atoms with Crippen molar-refractivity contribution >= 4 is 5.91 Å². The fourth-order valence-electron chi connectivity index (χ4n) is 0.201. The summed E-state index contributed by atoms with van der Waals surface area (Å²) >= 11 is 0. The topological polar surface area (TPSA) is 29.1 Å². The van der Waals surface area contributed by atoms with Crippen molar-refractivity contribution in [1.29, 1.82) is 0 Å². The van der Waals surface area contributed by atoms with E-state index in [9.17, 15) is 4.79 Å². The fourth-order valence-corrected chi connectivity index (χ4v) is 0.201. The number of amides is 1. The van der Waals surface area contributed by atoms with Crippen molar-refractivity contribution in [3.8, 4) is 0 Å². The van der Waals surface area contributed by atoms with Gasteiger partial charge in [0.15, 0.2) is 0 Å². The number of carbonyl (C=O) groups excluding carboxylic acids is 1. The zero-order valence-electron chi connectivity index (χ0n) is 4.85. The van der Waals surface area contributed by atoms with Gasteiger partial charge >= 0.3 is 0 Å². The molecule has 0 spiro atoms. The van der Waals surface area contributed by atoms with Crippen LogP contribution in [0.1, 0.15) is 6.92 Å². The van der Waals surface area contributed by atoms with Crippen molar-refractivity contribution in [2.75, 3.05) is 0 Å². The summed E-state index contributed by atoms with van der Waals surface area (Å²) in [7, 11) is 0. The van der Waals surface area contributed by atoms with E-state index in [4.69, 9.17) is 0 Å². The number of hydrogen-bond donors (Lipinski definition) is 1. The first-order chi connectivity index (χ1) is 3.31. The van der Waals surface area contributed by atoms with E-state index < -0.39 is 0 Å². The minimum absolute atomic E-state index is 0. The van der Waals surface area contributed by atoms with Crippen LogP contribution in [0.5, 0.6) is 0 Å². The van der Waals surface area contributed by atoms with Crippen molar-refractivity contribution in [2.45, 2.75) is 6.92 Å². The SMILES string of the molecule is C=CC(=O)N[CH-]C.[Y]. The van der Waals surface area contributed by atoms with E-state index in [2.05, 4.69) is 11.9 Å². The van der Waals surface area contributed by atoms with Gasteiger partial charge in [-0.25, -0.2) is 6.54 Å². The van der Waals surface area contributed by atoms with Gasteiger partial charge in [0.1, 0.15) is 0 Å². The summed E-state index contributed by atoms with van der Waals surface area (Å²) in [6, 6.07) is 0. The van der Waals surface area contributed by atoms with Crippen LogP contribution in [-0.2, 0) is 37.5 Å². The Morgan fingerprint density at radius 2 is 2.38 bits per heavy atom. The first-order valence-corrected chi connectivity index (χ1v) is 2.02. The van der Waals surface area contributed by atoms with E-state index in [1.54, 1.807) is 13.5 Å². The molecule has 0 saturated heterocycles. The first kappa shape index (κ1) is 11.2. The molecule has 0 rings (SSSR count). The smallest absolute Gasteiger partial charge is 0.214 e. The van der Waals surface area contributed by atoms with Gasteiger partial charge in [0.05, 0.1) is 0 Å². The molecule has 0 aliphatic carbocycles. The molecule has 0 aliphatic rings. The van der Waals surface area contributed by atoms with Crippen molar-refractivity contribution < 1.29 is 37.5 Å². The summed E-state index contributed by atoms with van der Waals surface area (Å²) in [4.78, 5) is 10.2. The Morgan fingerprint density at radius 3 is 2.50 bits per heavy atom. The Hall–Kier alpha value is 0.314. The standard InChI is InChI=1S/C5H8NO.Y/c1-3-5(7)6-4-2;/h3-4H,1H2,2H3,(H,6,7);/q-1;. The summed E-state index contributed by atoms with van der Waals surface area (Å²) in [6.45, 7) is 6.54. The molecule has 0 atom stereocenters. The summed E-state index contributed by atoms with van der Waals surface area (Å²) in [5.74, 6) is -0.164. The molecule has 0 aromatic heterocycles. The number of rotatable bonds is 2. The van der Waals surface area contributed by atoms with E-state index in [0.717, 1.165) is 0 Å². The van der Waals surface area contributed by atoms with Crippen molar-refractivity contribution in [3.63, 3.8) is 0 Å². The molecule has 2 nitrogen and oxygen atoms in total. The van der Waals surface area contributed by atoms with Crippen LogP contribution in [0.25, 0.3) is 0 Å². The minimum atomic E-state index is -0.164. The van der Waals surface area contributed by atoms with Gasteiger partial charge in [-0.2, -0.15) is 6.92 Å². The third-order valence-electron chi connectivity index (χ3n) is 0.472. The number of nitrogens with one attached hydrogen (secondary N) is 1. The molecular formula is C5H8NOY-. The van der Waals surface area contributed by atoms with Crippen LogP contribution in [0, 0.1) is 6.54 Å². The Morgan fingerprint density at radius 1 is 1.88 bits per heavy atom. The van der Waals surface area contributed by atoms with Gasteiger partial charge in [0.25, 0.3) is 0 Å². The molecule has 8 heavy (non-hydrogen) atoms. The molecule has 0 saturated carbocycles. The largest absolute Gasteiger partial charge is 0.502 e. The second-order valence-electron chi connectivity index (χ2n) is 1.00. The molecule has 0 aromatic carbocycles. The maximum Gasteiger partial charge on any atom is 0.214 e. The van der Waals surface area contributed by atoms with E-state index in [0.29, 0.717) is 0 Å². The normalized spacial score (nSPS) is 6.62. The molecule has 0 unspecified atom stereocenters. The van der Waals surface area contributed by atoms with E-state index in [1.807, 2.05) is 0 Å². The Labute approximate surface area is 74.6 Å². The van der Waals surface area contributed by atoms with Crippen molar-refractivity contribution in [1.82, 2.24) is 5.32 Å². The quantitative estimate of drug-likeness (QED) is 0.494. The Balaban J connectivity index is 0. The average molecular weight is 187 g/mol. The predicted octanol–water partition coefficient (Wildman–Crippen LogP) is 0.468. The Bertz CT molecular complexity index is 82.5. The molecule has 0 fully saturated rings. The monoisotopic (exact) mass is 187 g/mol. The molecule has 3 heteroatoms. The van der Waals surface area contributed by atoms with Crippen LogP contribution in [0.4, 0.5) is 0 Å². The van der Waals surface area contributed by atoms with Crippen LogP contribution in [0.3, 0.4) is 0 Å². The fraction of sp³-hybridized carbons (Fsp3) is 0.200. The molecule has 0 aromatic rings. The van der Waals surface area contributed by atoms with Crippen molar-refractivity contribution in [2.24, 2.45) is 0 Å². The second-order valence-corrected chi connectivity index (χ2v) is 1.00. The number of carbonyl (C=O) groups is 1. The second kappa shape index (κ2) is 7.31. The molecule has 0 heterocycles. The van der Waals surface area contributed by atoms with E-state index in [-0.39, 0.29) is 38.6 Å². The molecule has 1 N–H and O–H groups in total. The van der Waals surface area contributed by atoms with Crippen LogP contribution >= 0.6 is 0 Å². The summed E-state index contributed by atoms with van der Waals surface area (Å²) in [6.07, 6.45) is 1.22. The average Bonchev–Trinajstić information content (AvgIpc) is 1.68. The summed E-state index contributed by atoms with van der Waals surface area (Å²) < 4.78 is 0. The van der Waals surface area contributed by atoms with Crippen LogP contribution in [0.2, 0.25) is 0 Å². The van der Waals surface area contributed by atoms with Crippen LogP contribution < -0.4 is 5.32 Å². The Kier molecular flexibility index (Phi) is 10.2. The molecule has 0 aliphatic heterocycles. The molecule has 43 valence electrons. The van der Waals surface area contributed by atoms with Gasteiger partial charge < -0.3 is 5.32 Å². The zero-order chi connectivity index (χ0) is 5.70. The van der Waals surface area contributed by atoms with Crippen LogP contribution in [0.15, 0.2) is 12.7 Å². The third kappa shape index (κ3) is 6.31. The van der Waals surface area contributed by atoms with Gasteiger partial charge in [-0.3, -0.25) is 4.79 Å². The van der Waals surface area contributed by atoms with Gasteiger partial charge in [-0.05, 0) is 6.08 Å². The maximum atomic E-state index is 10.2. The van der Waals surface area contributed by atoms with Crippen molar-refractivity contribution in [3.05, 3.63) is 19.2 Å². The molecule has 1 radical (unpaired) electrons. The third-order valence-corrected chi connectivity index (χ3v) is 0.472. The molecular weight excluding hydrogens is 179 g/mol. The van der Waals surface area contributed by atoms with E-state index in [1.165, 1.54) is 6.08 Å². The molecule has 1 amide bonds. The molecule has 0 bridgehead atoms. The van der Waals surface area contributed by atoms with Gasteiger partial charge in [0, 0.05) is 32.7 Å². The maximum absolute atomic E-state index is 10.2. The minimum Gasteiger partial charge on any atom is -0.502 e. The predicted molar refractivity (Wildman–Crippen MR) is 28.3 cm³/mol.